The highest BCUT2D eigenvalue weighted by Crippen LogP contribution is 2.28. The number of hydrogen-bond acceptors (Lipinski definition) is 4. The standard InChI is InChI=1S/C10H13NO2S/c12-4-3-8-7-13-10(11-8)6-9-2-1-5-14-9/h4,7,9H,1-3,5-6H2. The Balaban J connectivity index is 1.91. The first-order chi connectivity index (χ1) is 6.88. The van der Waals surface area contributed by atoms with Crippen LogP contribution in [-0.4, -0.2) is 22.3 Å². The molecule has 1 aromatic rings. The number of rotatable bonds is 4. The molecule has 1 aromatic heterocycles. The second-order valence-corrected chi connectivity index (χ2v) is 4.85. The number of oxazole rings is 1. The van der Waals surface area contributed by atoms with E-state index in [0.717, 1.165) is 24.3 Å². The summed E-state index contributed by atoms with van der Waals surface area (Å²) in [5, 5.41) is 0.665. The van der Waals surface area contributed by atoms with Crippen molar-refractivity contribution in [1.82, 2.24) is 4.98 Å². The number of carbonyl (C=O) groups excluding carboxylic acids is 1. The van der Waals surface area contributed by atoms with E-state index in [-0.39, 0.29) is 0 Å². The molecule has 0 aliphatic carbocycles. The third-order valence-electron chi connectivity index (χ3n) is 2.32. The van der Waals surface area contributed by atoms with Gasteiger partial charge in [-0.15, -0.1) is 0 Å². The van der Waals surface area contributed by atoms with Crippen molar-refractivity contribution in [2.24, 2.45) is 0 Å². The van der Waals surface area contributed by atoms with Gasteiger partial charge in [0.05, 0.1) is 5.69 Å². The summed E-state index contributed by atoms with van der Waals surface area (Å²) in [6.45, 7) is 0. The molecule has 4 heteroatoms. The van der Waals surface area contributed by atoms with Gasteiger partial charge in [-0.1, -0.05) is 0 Å². The fraction of sp³-hybridized carbons (Fsp3) is 0.600. The number of thioether (sulfide) groups is 1. The van der Waals surface area contributed by atoms with Gasteiger partial charge in [0.25, 0.3) is 0 Å². The minimum Gasteiger partial charge on any atom is -0.449 e. The maximum Gasteiger partial charge on any atom is 0.195 e. The Morgan fingerprint density at radius 3 is 3.36 bits per heavy atom. The monoisotopic (exact) mass is 211 g/mol. The number of hydrogen-bond donors (Lipinski definition) is 0. The molecule has 1 atom stereocenters. The predicted octanol–water partition coefficient (Wildman–Crippen LogP) is 1.85. The zero-order valence-corrected chi connectivity index (χ0v) is 8.76. The molecule has 2 heterocycles. The van der Waals surface area contributed by atoms with Gasteiger partial charge in [-0.3, -0.25) is 0 Å². The molecule has 1 fully saturated rings. The number of nitrogens with zero attached hydrogens (tertiary/aromatic N) is 1. The molecule has 0 saturated carbocycles. The van der Waals surface area contributed by atoms with E-state index >= 15 is 0 Å². The highest BCUT2D eigenvalue weighted by molar-refractivity contribution is 8.00. The summed E-state index contributed by atoms with van der Waals surface area (Å²) in [7, 11) is 0. The molecule has 2 rings (SSSR count). The summed E-state index contributed by atoms with van der Waals surface area (Å²) in [5.41, 5.74) is 0.748. The zero-order valence-electron chi connectivity index (χ0n) is 7.94. The smallest absolute Gasteiger partial charge is 0.195 e. The van der Waals surface area contributed by atoms with Crippen LogP contribution in [-0.2, 0) is 17.6 Å². The van der Waals surface area contributed by atoms with Crippen molar-refractivity contribution in [3.8, 4) is 0 Å². The van der Waals surface area contributed by atoms with Gasteiger partial charge >= 0.3 is 0 Å². The molecule has 3 nitrogen and oxygen atoms in total. The van der Waals surface area contributed by atoms with Gasteiger partial charge in [0, 0.05) is 18.1 Å². The Bertz CT molecular complexity index is 305. The van der Waals surface area contributed by atoms with E-state index in [1.807, 2.05) is 11.8 Å². The molecule has 0 radical (unpaired) electrons. The zero-order chi connectivity index (χ0) is 9.80. The topological polar surface area (TPSA) is 43.1 Å². The molecule has 1 saturated heterocycles. The lowest BCUT2D eigenvalue weighted by Crippen LogP contribution is -2.02. The Morgan fingerprint density at radius 2 is 2.64 bits per heavy atom. The van der Waals surface area contributed by atoms with Crippen LogP contribution in [0.15, 0.2) is 10.7 Å². The van der Waals surface area contributed by atoms with Gasteiger partial charge in [-0.2, -0.15) is 11.8 Å². The van der Waals surface area contributed by atoms with Crippen LogP contribution >= 0.6 is 11.8 Å². The molecule has 0 aromatic carbocycles. The lowest BCUT2D eigenvalue weighted by atomic mass is 10.2. The fourth-order valence-corrected chi connectivity index (χ4v) is 2.88. The average molecular weight is 211 g/mol. The van der Waals surface area contributed by atoms with Gasteiger partial charge in [-0.25, -0.2) is 4.98 Å². The van der Waals surface area contributed by atoms with Crippen LogP contribution in [0, 0.1) is 0 Å². The molecule has 0 spiro atoms. The average Bonchev–Trinajstić information content (AvgIpc) is 2.79. The van der Waals surface area contributed by atoms with Gasteiger partial charge < -0.3 is 9.21 Å². The van der Waals surface area contributed by atoms with E-state index in [1.165, 1.54) is 18.6 Å². The lowest BCUT2D eigenvalue weighted by molar-refractivity contribution is -0.107. The maximum atomic E-state index is 10.2. The van der Waals surface area contributed by atoms with Crippen LogP contribution in [0.5, 0.6) is 0 Å². The molecule has 76 valence electrons. The molecular formula is C10H13NO2S. The second kappa shape index (κ2) is 4.64. The van der Waals surface area contributed by atoms with Crippen LogP contribution < -0.4 is 0 Å². The summed E-state index contributed by atoms with van der Waals surface area (Å²) < 4.78 is 5.30. The van der Waals surface area contributed by atoms with E-state index < -0.39 is 0 Å². The minimum absolute atomic E-state index is 0.362. The molecular weight excluding hydrogens is 198 g/mol. The van der Waals surface area contributed by atoms with Gasteiger partial charge in [0.1, 0.15) is 12.5 Å². The molecule has 0 N–H and O–H groups in total. The van der Waals surface area contributed by atoms with E-state index in [0.29, 0.717) is 11.7 Å². The number of aldehydes is 1. The van der Waals surface area contributed by atoms with E-state index in [9.17, 15) is 4.79 Å². The van der Waals surface area contributed by atoms with Crippen molar-refractivity contribution in [3.63, 3.8) is 0 Å². The molecule has 0 bridgehead atoms. The van der Waals surface area contributed by atoms with E-state index in [1.54, 1.807) is 6.26 Å². The van der Waals surface area contributed by atoms with Crippen molar-refractivity contribution >= 4 is 18.0 Å². The fourth-order valence-electron chi connectivity index (χ4n) is 1.62. The van der Waals surface area contributed by atoms with Crippen LogP contribution in [0.1, 0.15) is 24.4 Å². The quantitative estimate of drug-likeness (QED) is 0.713. The van der Waals surface area contributed by atoms with Crippen molar-refractivity contribution in [3.05, 3.63) is 17.8 Å². The van der Waals surface area contributed by atoms with Crippen LogP contribution in [0.3, 0.4) is 0 Å². The Hall–Kier alpha value is -0.770. The summed E-state index contributed by atoms with van der Waals surface area (Å²) >= 11 is 1.99. The summed E-state index contributed by atoms with van der Waals surface area (Å²) in [4.78, 5) is 14.5. The van der Waals surface area contributed by atoms with Crippen LogP contribution in [0.2, 0.25) is 0 Å². The number of carbonyl (C=O) groups is 1. The Morgan fingerprint density at radius 1 is 1.71 bits per heavy atom. The summed E-state index contributed by atoms with van der Waals surface area (Å²) in [6, 6.07) is 0. The number of aromatic nitrogens is 1. The first-order valence-electron chi connectivity index (χ1n) is 4.87. The molecule has 1 aliphatic rings. The minimum atomic E-state index is 0.362. The largest absolute Gasteiger partial charge is 0.449 e. The first-order valence-corrected chi connectivity index (χ1v) is 5.92. The van der Waals surface area contributed by atoms with E-state index in [4.69, 9.17) is 4.42 Å². The van der Waals surface area contributed by atoms with Gasteiger partial charge in [0.2, 0.25) is 0 Å². The van der Waals surface area contributed by atoms with Crippen LogP contribution in [0.25, 0.3) is 0 Å². The highest BCUT2D eigenvalue weighted by atomic mass is 32.2. The Kier molecular flexibility index (Phi) is 3.24. The van der Waals surface area contributed by atoms with Gasteiger partial charge in [0.15, 0.2) is 5.89 Å². The Labute approximate surface area is 87.3 Å². The molecule has 0 amide bonds. The van der Waals surface area contributed by atoms with Crippen molar-refractivity contribution < 1.29 is 9.21 Å². The molecule has 1 aliphatic heterocycles. The van der Waals surface area contributed by atoms with E-state index in [2.05, 4.69) is 4.98 Å². The second-order valence-electron chi connectivity index (χ2n) is 3.44. The first kappa shape index (κ1) is 9.77. The predicted molar refractivity (Wildman–Crippen MR) is 55.5 cm³/mol. The molecule has 1 unspecified atom stereocenters. The van der Waals surface area contributed by atoms with Crippen LogP contribution in [0.4, 0.5) is 0 Å². The van der Waals surface area contributed by atoms with Gasteiger partial charge in [-0.05, 0) is 18.6 Å². The molecule has 14 heavy (non-hydrogen) atoms. The summed E-state index contributed by atoms with van der Waals surface area (Å²) in [6.07, 6.45) is 6.27. The normalized spacial score (nSPS) is 21.3. The van der Waals surface area contributed by atoms with Crippen molar-refractivity contribution in [1.29, 1.82) is 0 Å². The highest BCUT2D eigenvalue weighted by Gasteiger charge is 2.18. The van der Waals surface area contributed by atoms with Crippen molar-refractivity contribution in [2.45, 2.75) is 30.9 Å². The maximum absolute atomic E-state index is 10.2. The van der Waals surface area contributed by atoms with Crippen molar-refractivity contribution in [2.75, 3.05) is 5.75 Å². The lowest BCUT2D eigenvalue weighted by Gasteiger charge is -2.02. The third-order valence-corrected chi connectivity index (χ3v) is 3.72. The third kappa shape index (κ3) is 2.38. The SMILES string of the molecule is O=CCc1coc(CC2CCCS2)n1. The summed E-state index contributed by atoms with van der Waals surface area (Å²) in [5.74, 6) is 2.04.